The van der Waals surface area contributed by atoms with Gasteiger partial charge in [0.15, 0.2) is 5.82 Å². The maximum Gasteiger partial charge on any atom is 0.261 e. The number of hydrogen-bond acceptors (Lipinski definition) is 6. The molecule has 2 unspecified atom stereocenters. The van der Waals surface area contributed by atoms with Crippen LogP contribution in [0.4, 0.5) is 11.5 Å². The molecule has 5 rings (SSSR count). The van der Waals surface area contributed by atoms with Gasteiger partial charge in [-0.3, -0.25) is 9.48 Å². The zero-order valence-electron chi connectivity index (χ0n) is 18.8. The average molecular weight is 469 g/mol. The van der Waals surface area contributed by atoms with Crippen molar-refractivity contribution in [3.63, 3.8) is 0 Å². The molecule has 0 aliphatic carbocycles. The third kappa shape index (κ3) is 5.00. The lowest BCUT2D eigenvalue weighted by atomic mass is 10.1. The van der Waals surface area contributed by atoms with E-state index in [1.54, 1.807) is 12.3 Å². The van der Waals surface area contributed by atoms with E-state index in [4.69, 9.17) is 15.1 Å². The van der Waals surface area contributed by atoms with Crippen molar-refractivity contribution in [3.8, 4) is 6.07 Å². The molecule has 0 amide bonds. The molecule has 1 aromatic carbocycles. The largest absolute Gasteiger partial charge is 0.379 e. The maximum absolute atomic E-state index is 12.6. The molecule has 9 nitrogen and oxygen atoms in total. The van der Waals surface area contributed by atoms with Crippen molar-refractivity contribution in [3.05, 3.63) is 46.9 Å². The fourth-order valence-corrected chi connectivity index (χ4v) is 5.55. The van der Waals surface area contributed by atoms with E-state index in [9.17, 15) is 9.00 Å². The molecular weight excluding hydrogens is 440 g/mol. The number of aromatic nitrogens is 3. The number of hydrogen-bond donors (Lipinski definition) is 2. The SMILES string of the molecule is CC#N.CC1CN(S(=O)c2ccc(Nc3nn(C4CCCOC4)c4cc[nH]c(=O)c34)cc2)C1. The molecule has 174 valence electrons. The van der Waals surface area contributed by atoms with Crippen molar-refractivity contribution < 1.29 is 8.95 Å². The second-order valence-electron chi connectivity index (χ2n) is 8.31. The summed E-state index contributed by atoms with van der Waals surface area (Å²) in [7, 11) is -1.13. The first-order chi connectivity index (χ1) is 16.0. The Balaban J connectivity index is 0.000000821. The molecule has 0 bridgehead atoms. The van der Waals surface area contributed by atoms with Crippen LogP contribution < -0.4 is 10.9 Å². The summed E-state index contributed by atoms with van der Waals surface area (Å²) in [6.45, 7) is 6.68. The van der Waals surface area contributed by atoms with Gasteiger partial charge in [-0.2, -0.15) is 10.4 Å². The molecular formula is C23H28N6O3S. The van der Waals surface area contributed by atoms with Crippen molar-refractivity contribution in [1.82, 2.24) is 19.1 Å². The number of fused-ring (bicyclic) bond motifs is 1. The molecule has 3 aromatic rings. The maximum atomic E-state index is 12.6. The zero-order valence-corrected chi connectivity index (χ0v) is 19.6. The second kappa shape index (κ2) is 10.3. The monoisotopic (exact) mass is 468 g/mol. The van der Waals surface area contributed by atoms with Crippen LogP contribution in [0.1, 0.15) is 32.7 Å². The Hall–Kier alpha value is -3.00. The highest BCUT2D eigenvalue weighted by atomic mass is 32.2. The molecule has 2 fully saturated rings. The van der Waals surface area contributed by atoms with E-state index in [0.29, 0.717) is 23.7 Å². The highest BCUT2D eigenvalue weighted by Crippen LogP contribution is 2.29. The molecule has 0 saturated carbocycles. The summed E-state index contributed by atoms with van der Waals surface area (Å²) >= 11 is 0. The normalized spacial score (nSPS) is 19.7. The topological polar surface area (TPSA) is 116 Å². The number of ether oxygens (including phenoxy) is 1. The fraction of sp³-hybridized carbons (Fsp3) is 0.435. The van der Waals surface area contributed by atoms with Crippen molar-refractivity contribution in [2.24, 2.45) is 5.92 Å². The van der Waals surface area contributed by atoms with E-state index in [-0.39, 0.29) is 11.6 Å². The summed E-state index contributed by atoms with van der Waals surface area (Å²) < 4.78 is 22.1. The number of nitrogens with zero attached hydrogens (tertiary/aromatic N) is 4. The Kier molecular flexibility index (Phi) is 7.23. The molecule has 4 heterocycles. The number of benzene rings is 1. The molecule has 0 radical (unpaired) electrons. The number of nitriles is 1. The quantitative estimate of drug-likeness (QED) is 0.593. The van der Waals surface area contributed by atoms with E-state index >= 15 is 0 Å². The number of rotatable bonds is 5. The van der Waals surface area contributed by atoms with Crippen LogP contribution in [0.15, 0.2) is 46.2 Å². The van der Waals surface area contributed by atoms with Gasteiger partial charge in [0.1, 0.15) is 16.4 Å². The van der Waals surface area contributed by atoms with E-state index in [0.717, 1.165) is 48.6 Å². The number of aromatic amines is 1. The van der Waals surface area contributed by atoms with Gasteiger partial charge < -0.3 is 15.0 Å². The Morgan fingerprint density at radius 3 is 2.64 bits per heavy atom. The number of nitrogens with one attached hydrogen (secondary N) is 2. The van der Waals surface area contributed by atoms with Gasteiger partial charge >= 0.3 is 0 Å². The highest BCUT2D eigenvalue weighted by molar-refractivity contribution is 7.82. The lowest BCUT2D eigenvalue weighted by molar-refractivity contribution is 0.0566. The number of H-pyrrole nitrogens is 1. The van der Waals surface area contributed by atoms with Gasteiger partial charge in [0.2, 0.25) is 0 Å². The minimum atomic E-state index is -1.13. The van der Waals surface area contributed by atoms with Crippen LogP contribution in [0.5, 0.6) is 0 Å². The van der Waals surface area contributed by atoms with Crippen molar-refractivity contribution in [1.29, 1.82) is 5.26 Å². The smallest absolute Gasteiger partial charge is 0.261 e. The van der Waals surface area contributed by atoms with Gasteiger partial charge in [-0.05, 0) is 49.1 Å². The van der Waals surface area contributed by atoms with Crippen LogP contribution >= 0.6 is 0 Å². The molecule has 2 N–H and O–H groups in total. The standard InChI is InChI=1S/C21H25N5O3S.C2H3N/c1-14-11-25(12-14)30(28)17-6-4-15(5-7-17)23-20-19-18(8-9-22-21(19)27)26(24-20)16-3-2-10-29-13-16;1-2-3/h4-9,14,16H,2-3,10-13H2,1H3,(H,22,27)(H,23,24);1H3. The highest BCUT2D eigenvalue weighted by Gasteiger charge is 2.28. The molecule has 33 heavy (non-hydrogen) atoms. The lowest BCUT2D eigenvalue weighted by Crippen LogP contribution is -2.45. The predicted octanol–water partition coefficient (Wildman–Crippen LogP) is 3.32. The summed E-state index contributed by atoms with van der Waals surface area (Å²) in [6.07, 6.45) is 3.60. The van der Waals surface area contributed by atoms with E-state index < -0.39 is 11.0 Å². The van der Waals surface area contributed by atoms with Crippen molar-refractivity contribution in [2.45, 2.75) is 37.6 Å². The Labute approximate surface area is 194 Å². The summed E-state index contributed by atoms with van der Waals surface area (Å²) in [4.78, 5) is 16.1. The minimum absolute atomic E-state index is 0.113. The summed E-state index contributed by atoms with van der Waals surface area (Å²) in [5, 5.41) is 15.8. The van der Waals surface area contributed by atoms with Crippen LogP contribution in [-0.4, -0.2) is 49.6 Å². The first kappa shape index (κ1) is 23.2. The molecule has 2 aliphatic rings. The Morgan fingerprint density at radius 2 is 2.00 bits per heavy atom. The second-order valence-corrected chi connectivity index (χ2v) is 9.79. The number of anilines is 2. The van der Waals surface area contributed by atoms with E-state index in [1.807, 2.05) is 39.3 Å². The van der Waals surface area contributed by atoms with Gasteiger partial charge in [-0.15, -0.1) is 0 Å². The average Bonchev–Trinajstić information content (AvgIpc) is 3.18. The minimum Gasteiger partial charge on any atom is -0.379 e. The van der Waals surface area contributed by atoms with Gasteiger partial charge in [0.05, 0.1) is 29.1 Å². The molecule has 2 atom stereocenters. The summed E-state index contributed by atoms with van der Waals surface area (Å²) in [5.74, 6) is 1.12. The molecule has 0 spiro atoms. The van der Waals surface area contributed by atoms with Crippen LogP contribution in [0, 0.1) is 17.2 Å². The van der Waals surface area contributed by atoms with Gasteiger partial charge in [-0.1, -0.05) is 6.92 Å². The number of pyridine rings is 1. The van der Waals surface area contributed by atoms with E-state index in [2.05, 4.69) is 17.2 Å². The molecule has 2 aliphatic heterocycles. The molecule has 10 heteroatoms. The van der Waals surface area contributed by atoms with Crippen LogP contribution in [-0.2, 0) is 15.7 Å². The van der Waals surface area contributed by atoms with E-state index in [1.165, 1.54) is 6.92 Å². The van der Waals surface area contributed by atoms with Crippen LogP contribution in [0.25, 0.3) is 10.9 Å². The Morgan fingerprint density at radius 1 is 1.27 bits per heavy atom. The summed E-state index contributed by atoms with van der Waals surface area (Å²) in [5.41, 5.74) is 1.41. The first-order valence-corrected chi connectivity index (χ1v) is 12.1. The first-order valence-electron chi connectivity index (χ1n) is 11.0. The molecule has 2 aromatic heterocycles. The van der Waals surface area contributed by atoms with Crippen LogP contribution in [0.3, 0.4) is 0 Å². The fourth-order valence-electron chi connectivity index (χ4n) is 4.10. The van der Waals surface area contributed by atoms with Crippen LogP contribution in [0.2, 0.25) is 0 Å². The van der Waals surface area contributed by atoms with Crippen molar-refractivity contribution >= 4 is 33.4 Å². The van der Waals surface area contributed by atoms with Gasteiger partial charge in [0, 0.05) is 38.5 Å². The zero-order chi connectivity index (χ0) is 23.4. The summed E-state index contributed by atoms with van der Waals surface area (Å²) in [6, 6.07) is 11.2. The lowest BCUT2D eigenvalue weighted by Gasteiger charge is -2.35. The predicted molar refractivity (Wildman–Crippen MR) is 128 cm³/mol. The van der Waals surface area contributed by atoms with Gasteiger partial charge in [0.25, 0.3) is 5.56 Å². The van der Waals surface area contributed by atoms with Crippen molar-refractivity contribution in [2.75, 3.05) is 31.6 Å². The Bertz CT molecular complexity index is 1220. The third-order valence-electron chi connectivity index (χ3n) is 5.70. The molecule has 2 saturated heterocycles. The third-order valence-corrected chi connectivity index (χ3v) is 7.14. The van der Waals surface area contributed by atoms with Gasteiger partial charge in [-0.25, -0.2) is 8.51 Å².